The van der Waals surface area contributed by atoms with Crippen LogP contribution in [0.4, 0.5) is 43.9 Å². The third kappa shape index (κ3) is 7.48. The van der Waals surface area contributed by atoms with Gasteiger partial charge in [-0.05, 0) is 18.6 Å². The van der Waals surface area contributed by atoms with Gasteiger partial charge in [0.05, 0.1) is 5.92 Å². The van der Waals surface area contributed by atoms with E-state index in [0.717, 1.165) is 11.8 Å². The maximum atomic E-state index is 13.5. The molecule has 0 heterocycles. The number of hydrogen-bond donors (Lipinski definition) is 1. The number of halogens is 10. The highest BCUT2D eigenvalue weighted by atomic mass is 32.2. The molecule has 0 rings (SSSR count). The molecule has 2 nitrogen and oxygen atoms in total. The lowest BCUT2D eigenvalue weighted by Gasteiger charge is -2.33. The number of thioether (sulfide) groups is 1. The molecule has 1 unspecified atom stereocenters. The summed E-state index contributed by atoms with van der Waals surface area (Å²) in [4.78, 5) is 10.4. The van der Waals surface area contributed by atoms with Gasteiger partial charge in [0.2, 0.25) is 5.91 Å². The maximum absolute atomic E-state index is 13.5. The molecule has 0 spiro atoms. The molecule has 150 valence electrons. The molecular formula is C12H15F10NOS. The predicted octanol–water partition coefficient (Wildman–Crippen LogP) is 4.78. The Bertz CT molecular complexity index is 417. The van der Waals surface area contributed by atoms with Crippen LogP contribution in [0.25, 0.3) is 0 Å². The van der Waals surface area contributed by atoms with E-state index in [1.54, 1.807) is 0 Å². The number of alkyl halides is 10. The van der Waals surface area contributed by atoms with Crippen LogP contribution in [-0.2, 0) is 4.79 Å². The van der Waals surface area contributed by atoms with Crippen molar-refractivity contribution in [2.24, 2.45) is 11.7 Å². The Morgan fingerprint density at radius 2 is 1.36 bits per heavy atom. The van der Waals surface area contributed by atoms with Gasteiger partial charge in [-0.3, -0.25) is 4.79 Å². The fraction of sp³-hybridized carbons (Fsp3) is 0.917. The third-order valence-electron chi connectivity index (χ3n) is 3.22. The maximum Gasteiger partial charge on any atom is 0.431 e. The van der Waals surface area contributed by atoms with Crippen LogP contribution in [0.5, 0.6) is 0 Å². The second-order valence-corrected chi connectivity index (χ2v) is 6.44. The van der Waals surface area contributed by atoms with Crippen molar-refractivity contribution in [1.29, 1.82) is 0 Å². The Hall–Kier alpha value is -0.880. The molecule has 0 aromatic heterocycles. The Labute approximate surface area is 140 Å². The molecule has 0 fully saturated rings. The lowest BCUT2D eigenvalue weighted by Crippen LogP contribution is -2.55. The minimum Gasteiger partial charge on any atom is -0.370 e. The normalized spacial score (nSPS) is 15.3. The van der Waals surface area contributed by atoms with E-state index < -0.39 is 55.3 Å². The van der Waals surface area contributed by atoms with Crippen molar-refractivity contribution in [3.05, 3.63) is 0 Å². The summed E-state index contributed by atoms with van der Waals surface area (Å²) in [5.74, 6) is -3.70. The van der Waals surface area contributed by atoms with Crippen LogP contribution in [0.1, 0.15) is 25.7 Å². The number of hydrogen-bond acceptors (Lipinski definition) is 2. The molecule has 0 aromatic carbocycles. The Kier molecular flexibility index (Phi) is 8.37. The standard InChI is InChI=1S/C12H15F10NOS/c13-9(11(17,18)19,12(20,21)22)6-7(10(14,15)16)2-1-4-25-5-3-8(23)24/h7H,1-6H2,(H2,23,24). The topological polar surface area (TPSA) is 43.1 Å². The number of rotatable bonds is 9. The van der Waals surface area contributed by atoms with E-state index in [9.17, 15) is 48.7 Å². The molecule has 0 aromatic rings. The van der Waals surface area contributed by atoms with E-state index in [0.29, 0.717) is 0 Å². The Morgan fingerprint density at radius 3 is 1.72 bits per heavy atom. The van der Waals surface area contributed by atoms with Gasteiger partial charge in [0.15, 0.2) is 0 Å². The predicted molar refractivity (Wildman–Crippen MR) is 70.5 cm³/mol. The highest BCUT2D eigenvalue weighted by molar-refractivity contribution is 7.99. The van der Waals surface area contributed by atoms with E-state index in [1.165, 1.54) is 0 Å². The zero-order chi connectivity index (χ0) is 20.1. The fourth-order valence-corrected chi connectivity index (χ4v) is 2.74. The monoisotopic (exact) mass is 411 g/mol. The molecule has 0 radical (unpaired) electrons. The van der Waals surface area contributed by atoms with Gasteiger partial charge in [0.1, 0.15) is 0 Å². The quantitative estimate of drug-likeness (QED) is 0.439. The molecule has 13 heteroatoms. The first kappa shape index (κ1) is 24.1. The van der Waals surface area contributed by atoms with Gasteiger partial charge in [-0.15, -0.1) is 0 Å². The Balaban J connectivity index is 4.96. The lowest BCUT2D eigenvalue weighted by molar-refractivity contribution is -0.352. The van der Waals surface area contributed by atoms with Crippen molar-refractivity contribution in [3.8, 4) is 0 Å². The van der Waals surface area contributed by atoms with Gasteiger partial charge in [0.25, 0.3) is 5.67 Å². The van der Waals surface area contributed by atoms with Crippen LogP contribution in [0, 0.1) is 5.92 Å². The van der Waals surface area contributed by atoms with E-state index in [4.69, 9.17) is 5.73 Å². The second-order valence-electron chi connectivity index (χ2n) is 5.21. The van der Waals surface area contributed by atoms with E-state index in [1.807, 2.05) is 0 Å². The van der Waals surface area contributed by atoms with E-state index in [-0.39, 0.29) is 17.9 Å². The summed E-state index contributed by atoms with van der Waals surface area (Å²) in [6.07, 6.45) is -22.8. The van der Waals surface area contributed by atoms with E-state index in [2.05, 4.69) is 0 Å². The van der Waals surface area contributed by atoms with Crippen LogP contribution < -0.4 is 5.73 Å². The van der Waals surface area contributed by atoms with Crippen molar-refractivity contribution in [2.45, 2.75) is 49.9 Å². The molecule has 1 amide bonds. The van der Waals surface area contributed by atoms with Crippen LogP contribution >= 0.6 is 11.8 Å². The molecule has 1 atom stereocenters. The van der Waals surface area contributed by atoms with Crippen molar-refractivity contribution in [2.75, 3.05) is 11.5 Å². The Morgan fingerprint density at radius 1 is 0.880 bits per heavy atom. The third-order valence-corrected chi connectivity index (χ3v) is 4.29. The molecular weight excluding hydrogens is 396 g/mol. The number of carbonyl (C=O) groups is 1. The first-order valence-corrected chi connectivity index (χ1v) is 7.93. The number of carbonyl (C=O) groups excluding carboxylic acids is 1. The number of amides is 1. The molecule has 0 aliphatic heterocycles. The van der Waals surface area contributed by atoms with Crippen LogP contribution in [0.3, 0.4) is 0 Å². The number of primary amides is 1. The van der Waals surface area contributed by atoms with Crippen molar-refractivity contribution in [3.63, 3.8) is 0 Å². The summed E-state index contributed by atoms with van der Waals surface area (Å²) in [6, 6.07) is 0. The van der Waals surface area contributed by atoms with Crippen LogP contribution in [0.15, 0.2) is 0 Å². The zero-order valence-electron chi connectivity index (χ0n) is 12.5. The summed E-state index contributed by atoms with van der Waals surface area (Å²) in [5, 5.41) is 0. The molecule has 0 aliphatic carbocycles. The summed E-state index contributed by atoms with van der Waals surface area (Å²) >= 11 is 0.957. The fourth-order valence-electron chi connectivity index (χ4n) is 1.82. The first-order chi connectivity index (χ1) is 11.0. The van der Waals surface area contributed by atoms with Gasteiger partial charge in [-0.2, -0.15) is 51.3 Å². The lowest BCUT2D eigenvalue weighted by atomic mass is 9.87. The van der Waals surface area contributed by atoms with Gasteiger partial charge in [-0.25, -0.2) is 4.39 Å². The van der Waals surface area contributed by atoms with Crippen molar-refractivity contribution >= 4 is 17.7 Å². The highest BCUT2D eigenvalue weighted by Gasteiger charge is 2.73. The van der Waals surface area contributed by atoms with Crippen LogP contribution in [0.2, 0.25) is 0 Å². The largest absolute Gasteiger partial charge is 0.431 e. The summed E-state index contributed by atoms with van der Waals surface area (Å²) < 4.78 is 126. The molecule has 0 aliphatic rings. The smallest absolute Gasteiger partial charge is 0.370 e. The highest BCUT2D eigenvalue weighted by Crippen LogP contribution is 2.52. The molecule has 0 saturated heterocycles. The summed E-state index contributed by atoms with van der Waals surface area (Å²) in [5.41, 5.74) is -1.14. The number of nitrogens with two attached hydrogens (primary N) is 1. The average Bonchev–Trinajstić information content (AvgIpc) is 2.36. The second kappa shape index (κ2) is 8.67. The molecule has 25 heavy (non-hydrogen) atoms. The summed E-state index contributed by atoms with van der Waals surface area (Å²) in [7, 11) is 0. The minimum absolute atomic E-state index is 0.0584. The van der Waals surface area contributed by atoms with Crippen molar-refractivity contribution in [1.82, 2.24) is 0 Å². The van der Waals surface area contributed by atoms with Crippen LogP contribution in [-0.4, -0.2) is 41.6 Å². The first-order valence-electron chi connectivity index (χ1n) is 6.77. The molecule has 0 bridgehead atoms. The molecule has 2 N–H and O–H groups in total. The van der Waals surface area contributed by atoms with Crippen molar-refractivity contribution < 1.29 is 48.7 Å². The SMILES string of the molecule is NC(=O)CCSCCCC(CC(F)(C(F)(F)F)C(F)(F)F)C(F)(F)F. The van der Waals surface area contributed by atoms with E-state index >= 15 is 0 Å². The van der Waals surface area contributed by atoms with Gasteiger partial charge < -0.3 is 5.73 Å². The average molecular weight is 411 g/mol. The van der Waals surface area contributed by atoms with Gasteiger partial charge in [0, 0.05) is 18.6 Å². The zero-order valence-corrected chi connectivity index (χ0v) is 13.3. The van der Waals surface area contributed by atoms with Gasteiger partial charge >= 0.3 is 18.5 Å². The summed E-state index contributed by atoms with van der Waals surface area (Å²) in [6.45, 7) is 0. The molecule has 0 saturated carbocycles. The van der Waals surface area contributed by atoms with Gasteiger partial charge in [-0.1, -0.05) is 0 Å². The minimum atomic E-state index is -6.52.